The highest BCUT2D eigenvalue weighted by Gasteiger charge is 2.19. The average Bonchev–Trinajstić information content (AvgIpc) is 2.53. The van der Waals surface area contributed by atoms with Gasteiger partial charge in [0.05, 0.1) is 12.7 Å². The van der Waals surface area contributed by atoms with Crippen molar-refractivity contribution in [2.45, 2.75) is 12.8 Å². The van der Waals surface area contributed by atoms with Gasteiger partial charge >= 0.3 is 5.97 Å². The van der Waals surface area contributed by atoms with Crippen molar-refractivity contribution in [1.82, 2.24) is 4.90 Å². The molecule has 1 aromatic rings. The lowest BCUT2D eigenvalue weighted by atomic mass is 10.1. The van der Waals surface area contributed by atoms with Crippen LogP contribution in [-0.4, -0.2) is 44.1 Å². The number of carbonyl (C=O) groups is 2. The van der Waals surface area contributed by atoms with Gasteiger partial charge in [0.25, 0.3) is 5.91 Å². The van der Waals surface area contributed by atoms with E-state index in [0.717, 1.165) is 11.3 Å². The summed E-state index contributed by atoms with van der Waals surface area (Å²) in [6, 6.07) is 7.61. The molecule has 0 N–H and O–H groups in total. The van der Waals surface area contributed by atoms with Gasteiger partial charge in [0, 0.05) is 25.6 Å². The van der Waals surface area contributed by atoms with Crippen molar-refractivity contribution in [3.05, 3.63) is 35.4 Å². The van der Waals surface area contributed by atoms with Crippen molar-refractivity contribution in [3.63, 3.8) is 0 Å². The molecule has 1 amide bonds. The Labute approximate surface area is 124 Å². The van der Waals surface area contributed by atoms with Gasteiger partial charge in [-0.3, -0.25) is 9.59 Å². The van der Waals surface area contributed by atoms with Crippen LogP contribution in [0.15, 0.2) is 29.8 Å². The zero-order valence-corrected chi connectivity index (χ0v) is 12.3. The van der Waals surface area contributed by atoms with Crippen LogP contribution in [0.3, 0.4) is 0 Å². The summed E-state index contributed by atoms with van der Waals surface area (Å²) in [6.07, 6.45) is 2.75. The number of esters is 1. The lowest BCUT2D eigenvalue weighted by Crippen LogP contribution is -2.32. The number of amides is 1. The predicted molar refractivity (Wildman–Crippen MR) is 78.8 cm³/mol. The molecular formula is C16H19NO4. The van der Waals surface area contributed by atoms with Crippen LogP contribution in [0.4, 0.5) is 0 Å². The zero-order chi connectivity index (χ0) is 15.2. The fourth-order valence-electron chi connectivity index (χ4n) is 2.15. The Morgan fingerprint density at radius 3 is 2.86 bits per heavy atom. The highest BCUT2D eigenvalue weighted by molar-refractivity contribution is 5.99. The summed E-state index contributed by atoms with van der Waals surface area (Å²) in [5, 5.41) is 0. The molecule has 0 saturated heterocycles. The van der Waals surface area contributed by atoms with Crippen molar-refractivity contribution < 1.29 is 19.1 Å². The molecule has 112 valence electrons. The number of likely N-dealkylation sites (N-methyl/N-ethyl adjacent to an activating group) is 1. The van der Waals surface area contributed by atoms with Gasteiger partial charge in [-0.15, -0.1) is 0 Å². The van der Waals surface area contributed by atoms with E-state index < -0.39 is 0 Å². The number of ether oxygens (including phenoxy) is 2. The number of hydrogen-bond donors (Lipinski definition) is 0. The number of carbonyl (C=O) groups excluding carboxylic acids is 2. The second kappa shape index (κ2) is 6.92. The van der Waals surface area contributed by atoms with Gasteiger partial charge in [0.15, 0.2) is 0 Å². The normalized spacial score (nSPS) is 12.8. The van der Waals surface area contributed by atoms with Gasteiger partial charge < -0.3 is 14.4 Å². The maximum atomic E-state index is 12.3. The number of methoxy groups -OCH3 is 1. The van der Waals surface area contributed by atoms with Crippen molar-refractivity contribution >= 4 is 18.0 Å². The summed E-state index contributed by atoms with van der Waals surface area (Å²) in [4.78, 5) is 25.0. The van der Waals surface area contributed by atoms with E-state index >= 15 is 0 Å². The van der Waals surface area contributed by atoms with Crippen LogP contribution in [0.25, 0.3) is 6.08 Å². The lowest BCUT2D eigenvalue weighted by molar-refractivity contribution is -0.141. The van der Waals surface area contributed by atoms with Crippen molar-refractivity contribution in [1.29, 1.82) is 0 Å². The Kier molecular flexibility index (Phi) is 4.98. The summed E-state index contributed by atoms with van der Waals surface area (Å²) >= 11 is 0. The Hall–Kier alpha value is -2.30. The summed E-state index contributed by atoms with van der Waals surface area (Å²) in [5.41, 5.74) is 1.53. The van der Waals surface area contributed by atoms with E-state index in [1.54, 1.807) is 11.9 Å². The van der Waals surface area contributed by atoms with E-state index in [-0.39, 0.29) is 18.5 Å². The molecule has 0 bridgehead atoms. The van der Waals surface area contributed by atoms with Crippen molar-refractivity contribution in [2.75, 3.05) is 27.3 Å². The number of benzene rings is 1. The van der Waals surface area contributed by atoms with Gasteiger partial charge in [-0.05, 0) is 18.6 Å². The van der Waals surface area contributed by atoms with E-state index in [9.17, 15) is 9.59 Å². The smallest absolute Gasteiger partial charge is 0.305 e. The van der Waals surface area contributed by atoms with E-state index in [1.807, 2.05) is 30.3 Å². The van der Waals surface area contributed by atoms with Gasteiger partial charge in [0.1, 0.15) is 12.4 Å². The summed E-state index contributed by atoms with van der Waals surface area (Å²) in [7, 11) is 3.08. The van der Waals surface area contributed by atoms with Crippen LogP contribution in [0.5, 0.6) is 5.75 Å². The zero-order valence-electron chi connectivity index (χ0n) is 12.3. The monoisotopic (exact) mass is 289 g/mol. The maximum absolute atomic E-state index is 12.3. The van der Waals surface area contributed by atoms with Gasteiger partial charge in [-0.2, -0.15) is 0 Å². The standard InChI is InChI=1S/C16H19NO4/c1-17(9-5-8-15(18)20-2)16(19)13-10-12-6-3-4-7-14(12)21-11-13/h3-4,6-7,10H,5,8-9,11H2,1-2H3. The van der Waals surface area contributed by atoms with Gasteiger partial charge in [-0.25, -0.2) is 0 Å². The molecule has 1 aliphatic rings. The third-order valence-corrected chi connectivity index (χ3v) is 3.36. The number of hydrogen-bond acceptors (Lipinski definition) is 4. The third-order valence-electron chi connectivity index (χ3n) is 3.36. The van der Waals surface area contributed by atoms with Crippen LogP contribution < -0.4 is 4.74 Å². The molecule has 0 atom stereocenters. The molecule has 1 aromatic carbocycles. The number of nitrogens with zero attached hydrogens (tertiary/aromatic N) is 1. The topological polar surface area (TPSA) is 55.8 Å². The molecule has 0 spiro atoms. The Bertz CT molecular complexity index is 565. The Morgan fingerprint density at radius 2 is 2.10 bits per heavy atom. The minimum Gasteiger partial charge on any atom is -0.488 e. The molecule has 0 radical (unpaired) electrons. The molecule has 0 aromatic heterocycles. The number of para-hydroxylation sites is 1. The molecule has 0 fully saturated rings. The molecule has 5 heteroatoms. The molecule has 1 heterocycles. The summed E-state index contributed by atoms with van der Waals surface area (Å²) in [5.74, 6) is 0.460. The first-order chi connectivity index (χ1) is 10.1. The minimum absolute atomic E-state index is 0.0747. The van der Waals surface area contributed by atoms with Crippen LogP contribution in [0, 0.1) is 0 Å². The highest BCUT2D eigenvalue weighted by atomic mass is 16.5. The molecule has 0 saturated carbocycles. The molecule has 21 heavy (non-hydrogen) atoms. The molecular weight excluding hydrogens is 270 g/mol. The van der Waals surface area contributed by atoms with Crippen LogP contribution >= 0.6 is 0 Å². The van der Waals surface area contributed by atoms with Crippen molar-refractivity contribution in [2.24, 2.45) is 0 Å². The average molecular weight is 289 g/mol. The largest absolute Gasteiger partial charge is 0.488 e. The quantitative estimate of drug-likeness (QED) is 0.777. The fraction of sp³-hybridized carbons (Fsp3) is 0.375. The lowest BCUT2D eigenvalue weighted by Gasteiger charge is -2.22. The van der Waals surface area contributed by atoms with E-state index in [1.165, 1.54) is 7.11 Å². The first kappa shape index (κ1) is 15.1. The number of rotatable bonds is 5. The fourth-order valence-corrected chi connectivity index (χ4v) is 2.15. The van der Waals surface area contributed by atoms with Crippen LogP contribution in [-0.2, 0) is 14.3 Å². The molecule has 0 unspecified atom stereocenters. The van der Waals surface area contributed by atoms with Crippen molar-refractivity contribution in [3.8, 4) is 5.75 Å². The Morgan fingerprint density at radius 1 is 1.33 bits per heavy atom. The molecule has 0 aliphatic carbocycles. The third kappa shape index (κ3) is 3.84. The second-order valence-electron chi connectivity index (χ2n) is 4.90. The van der Waals surface area contributed by atoms with Gasteiger partial charge in [0.2, 0.25) is 0 Å². The predicted octanol–water partition coefficient (Wildman–Crippen LogP) is 1.87. The van der Waals surface area contributed by atoms with Crippen LogP contribution in [0.2, 0.25) is 0 Å². The summed E-state index contributed by atoms with van der Waals surface area (Å²) in [6.45, 7) is 0.782. The first-order valence-electron chi connectivity index (χ1n) is 6.86. The summed E-state index contributed by atoms with van der Waals surface area (Å²) < 4.78 is 10.2. The Balaban J connectivity index is 1.94. The second-order valence-corrected chi connectivity index (χ2v) is 4.90. The molecule has 5 nitrogen and oxygen atoms in total. The first-order valence-corrected chi connectivity index (χ1v) is 6.86. The molecule has 1 aliphatic heterocycles. The van der Waals surface area contributed by atoms with E-state index in [2.05, 4.69) is 4.74 Å². The number of fused-ring (bicyclic) bond motifs is 1. The van der Waals surface area contributed by atoms with E-state index in [4.69, 9.17) is 4.74 Å². The van der Waals surface area contributed by atoms with Gasteiger partial charge in [-0.1, -0.05) is 18.2 Å². The highest BCUT2D eigenvalue weighted by Crippen LogP contribution is 2.26. The van der Waals surface area contributed by atoms with E-state index in [0.29, 0.717) is 25.0 Å². The SMILES string of the molecule is COC(=O)CCCN(C)C(=O)C1=Cc2ccccc2OC1. The van der Waals surface area contributed by atoms with Crippen LogP contribution in [0.1, 0.15) is 18.4 Å². The maximum Gasteiger partial charge on any atom is 0.305 e. The molecule has 2 rings (SSSR count). The minimum atomic E-state index is -0.259.